The molecule has 0 unspecified atom stereocenters. The van der Waals surface area contributed by atoms with E-state index < -0.39 is 15.4 Å². The van der Waals surface area contributed by atoms with Crippen LogP contribution in [0.1, 0.15) is 0 Å². The fourth-order valence-electron chi connectivity index (χ4n) is 0.506. The van der Waals surface area contributed by atoms with E-state index in [2.05, 4.69) is 10.1 Å². The van der Waals surface area contributed by atoms with Gasteiger partial charge in [0, 0.05) is 7.05 Å². The number of hydrogen-bond donors (Lipinski definition) is 0. The van der Waals surface area contributed by atoms with Crippen molar-refractivity contribution in [2.45, 2.75) is 5.16 Å². The molecule has 0 atom stereocenters. The van der Waals surface area contributed by atoms with Crippen molar-refractivity contribution in [2.24, 2.45) is 7.05 Å². The van der Waals surface area contributed by atoms with Crippen molar-refractivity contribution in [3.05, 3.63) is 6.33 Å². The topological polar surface area (TPSA) is 64.8 Å². The average Bonchev–Trinajstić information content (AvgIpc) is 2.11. The zero-order valence-corrected chi connectivity index (χ0v) is 5.84. The molecule has 1 rings (SSSR count). The molecular weight excluding hydrogens is 161 g/mol. The lowest BCUT2D eigenvalue weighted by atomic mass is 11.2. The van der Waals surface area contributed by atoms with E-state index in [4.69, 9.17) is 0 Å². The Morgan fingerprint density at radius 2 is 2.30 bits per heavy atom. The molecule has 0 spiro atoms. The van der Waals surface area contributed by atoms with Crippen molar-refractivity contribution in [3.8, 4) is 0 Å². The van der Waals surface area contributed by atoms with Gasteiger partial charge in [0.2, 0.25) is 0 Å². The molecule has 0 saturated carbocycles. The first-order valence-corrected chi connectivity index (χ1v) is 3.69. The Kier molecular flexibility index (Phi) is 1.43. The standard InChI is InChI=1S/C3H4FN3O2S/c1-7-3(5-2-6-7)10(4,8)9/h2H,1H3. The van der Waals surface area contributed by atoms with Crippen molar-refractivity contribution in [1.82, 2.24) is 14.8 Å². The first kappa shape index (κ1) is 7.13. The molecule has 1 heterocycles. The summed E-state index contributed by atoms with van der Waals surface area (Å²) in [6, 6.07) is 0. The second kappa shape index (κ2) is 2.01. The van der Waals surface area contributed by atoms with Gasteiger partial charge in [0.1, 0.15) is 6.33 Å². The molecule has 0 saturated heterocycles. The number of aryl methyl sites for hydroxylation is 1. The van der Waals surface area contributed by atoms with Crippen molar-refractivity contribution >= 4 is 10.2 Å². The maximum absolute atomic E-state index is 12.1. The minimum absolute atomic E-state index is 0.674. The predicted octanol–water partition coefficient (Wildman–Crippen LogP) is -0.527. The zero-order valence-electron chi connectivity index (χ0n) is 5.02. The Hall–Kier alpha value is -0.980. The van der Waals surface area contributed by atoms with Crippen LogP contribution >= 0.6 is 0 Å². The summed E-state index contributed by atoms with van der Waals surface area (Å²) in [7, 11) is -3.41. The second-order valence-electron chi connectivity index (χ2n) is 1.60. The number of rotatable bonds is 1. The molecule has 0 fully saturated rings. The van der Waals surface area contributed by atoms with Gasteiger partial charge in [-0.15, -0.1) is 0 Å². The minimum Gasteiger partial charge on any atom is -0.237 e. The number of aromatic nitrogens is 3. The maximum Gasteiger partial charge on any atom is 0.367 e. The van der Waals surface area contributed by atoms with Crippen LogP contribution in [-0.4, -0.2) is 23.2 Å². The van der Waals surface area contributed by atoms with E-state index in [1.165, 1.54) is 7.05 Å². The van der Waals surface area contributed by atoms with E-state index in [0.29, 0.717) is 0 Å². The molecule has 0 bridgehead atoms. The monoisotopic (exact) mass is 165 g/mol. The number of nitrogens with zero attached hydrogens (tertiary/aromatic N) is 3. The van der Waals surface area contributed by atoms with Crippen molar-refractivity contribution in [3.63, 3.8) is 0 Å². The van der Waals surface area contributed by atoms with E-state index in [-0.39, 0.29) is 0 Å². The summed E-state index contributed by atoms with van der Waals surface area (Å²) < 4.78 is 33.2. The highest BCUT2D eigenvalue weighted by molar-refractivity contribution is 7.86. The summed E-state index contributed by atoms with van der Waals surface area (Å²) in [5.74, 6) is 0. The Bertz CT molecular complexity index is 329. The van der Waals surface area contributed by atoms with Crippen LogP contribution in [0.15, 0.2) is 11.5 Å². The summed E-state index contributed by atoms with van der Waals surface area (Å²) in [5.41, 5.74) is 0. The van der Waals surface area contributed by atoms with E-state index in [1.54, 1.807) is 0 Å². The van der Waals surface area contributed by atoms with Crippen molar-refractivity contribution in [2.75, 3.05) is 0 Å². The molecule has 0 aromatic carbocycles. The molecule has 1 aromatic rings. The molecule has 10 heavy (non-hydrogen) atoms. The van der Waals surface area contributed by atoms with Crippen LogP contribution in [0.5, 0.6) is 0 Å². The summed E-state index contributed by atoms with van der Waals surface area (Å²) in [5, 5.41) is 2.70. The maximum atomic E-state index is 12.1. The first-order valence-electron chi connectivity index (χ1n) is 2.30. The van der Waals surface area contributed by atoms with Gasteiger partial charge in [0.05, 0.1) is 0 Å². The van der Waals surface area contributed by atoms with Gasteiger partial charge < -0.3 is 0 Å². The normalized spacial score (nSPS) is 11.8. The smallest absolute Gasteiger partial charge is 0.237 e. The van der Waals surface area contributed by atoms with E-state index in [9.17, 15) is 12.3 Å². The van der Waals surface area contributed by atoms with Gasteiger partial charge in [-0.1, -0.05) is 3.89 Å². The fourth-order valence-corrected chi connectivity index (χ4v) is 1.04. The van der Waals surface area contributed by atoms with Crippen LogP contribution in [0.4, 0.5) is 3.89 Å². The molecule has 0 aliphatic rings. The third-order valence-electron chi connectivity index (χ3n) is 0.888. The van der Waals surface area contributed by atoms with Crippen molar-refractivity contribution < 1.29 is 12.3 Å². The van der Waals surface area contributed by atoms with Crippen LogP contribution < -0.4 is 0 Å². The quantitative estimate of drug-likeness (QED) is 0.525. The predicted molar refractivity (Wildman–Crippen MR) is 29.3 cm³/mol. The lowest BCUT2D eigenvalue weighted by Crippen LogP contribution is -2.03. The molecule has 1 aromatic heterocycles. The van der Waals surface area contributed by atoms with Gasteiger partial charge in [-0.25, -0.2) is 9.67 Å². The number of halogens is 1. The Labute approximate surface area is 56.7 Å². The molecule has 0 aliphatic carbocycles. The molecule has 56 valence electrons. The first-order chi connectivity index (χ1) is 4.52. The lowest BCUT2D eigenvalue weighted by molar-refractivity contribution is 0.527. The van der Waals surface area contributed by atoms with E-state index >= 15 is 0 Å². The molecule has 5 nitrogen and oxygen atoms in total. The average molecular weight is 165 g/mol. The summed E-state index contributed by atoms with van der Waals surface area (Å²) >= 11 is 0. The highest BCUT2D eigenvalue weighted by Gasteiger charge is 2.17. The van der Waals surface area contributed by atoms with Crippen LogP contribution in [0, 0.1) is 0 Å². The van der Waals surface area contributed by atoms with E-state index in [0.717, 1.165) is 11.0 Å². The Morgan fingerprint density at radius 3 is 2.50 bits per heavy atom. The molecule has 0 radical (unpaired) electrons. The van der Waals surface area contributed by atoms with Gasteiger partial charge in [-0.3, -0.25) is 0 Å². The van der Waals surface area contributed by atoms with Gasteiger partial charge in [0.15, 0.2) is 0 Å². The van der Waals surface area contributed by atoms with Crippen LogP contribution in [-0.2, 0) is 17.3 Å². The molecule has 0 amide bonds. The summed E-state index contributed by atoms with van der Waals surface area (Å²) in [4.78, 5) is 3.18. The summed E-state index contributed by atoms with van der Waals surface area (Å²) in [6.45, 7) is 0. The van der Waals surface area contributed by atoms with Crippen LogP contribution in [0.2, 0.25) is 0 Å². The van der Waals surface area contributed by atoms with Gasteiger partial charge >= 0.3 is 10.2 Å². The van der Waals surface area contributed by atoms with Gasteiger partial charge in [-0.05, 0) is 0 Å². The SMILES string of the molecule is Cn1ncnc1S(=O)(=O)F. The minimum atomic E-state index is -4.70. The van der Waals surface area contributed by atoms with Crippen LogP contribution in [0.25, 0.3) is 0 Å². The second-order valence-corrected chi connectivity index (χ2v) is 2.84. The molecule has 0 N–H and O–H groups in total. The molecular formula is C3H4FN3O2S. The molecule has 7 heteroatoms. The summed E-state index contributed by atoms with van der Waals surface area (Å²) in [6.07, 6.45) is 0.965. The zero-order chi connectivity index (χ0) is 7.78. The van der Waals surface area contributed by atoms with E-state index in [1.807, 2.05) is 0 Å². The van der Waals surface area contributed by atoms with Gasteiger partial charge in [0.25, 0.3) is 5.16 Å². The third-order valence-corrected chi connectivity index (χ3v) is 1.69. The highest BCUT2D eigenvalue weighted by Crippen LogP contribution is 2.04. The Morgan fingerprint density at radius 1 is 1.70 bits per heavy atom. The van der Waals surface area contributed by atoms with Gasteiger partial charge in [-0.2, -0.15) is 13.5 Å². The number of hydrogen-bond acceptors (Lipinski definition) is 4. The molecule has 0 aliphatic heterocycles. The lowest BCUT2D eigenvalue weighted by Gasteiger charge is -1.89. The fraction of sp³-hybridized carbons (Fsp3) is 0.333. The third kappa shape index (κ3) is 1.13. The largest absolute Gasteiger partial charge is 0.367 e. The van der Waals surface area contributed by atoms with Crippen molar-refractivity contribution in [1.29, 1.82) is 0 Å². The Balaban J connectivity index is 3.32. The highest BCUT2D eigenvalue weighted by atomic mass is 32.3. The van der Waals surface area contributed by atoms with Crippen LogP contribution in [0.3, 0.4) is 0 Å².